The molecule has 0 saturated heterocycles. The minimum absolute atomic E-state index is 0.0937. The number of carboxylic acids is 1. The highest BCUT2D eigenvalue weighted by Gasteiger charge is 2.19. The molecule has 0 aliphatic carbocycles. The molecule has 0 unspecified atom stereocenters. The quantitative estimate of drug-likeness (QED) is 0.784. The van der Waals surface area contributed by atoms with Crippen molar-refractivity contribution in [3.63, 3.8) is 0 Å². The number of nitrogens with zero attached hydrogens (tertiary/aromatic N) is 2. The second-order valence-electron chi connectivity index (χ2n) is 4.31. The molecular formula is C13H18N2O4. The molecule has 0 saturated carbocycles. The number of rotatable bonds is 6. The van der Waals surface area contributed by atoms with Gasteiger partial charge in [-0.05, 0) is 19.9 Å². The number of carbonyl (C=O) groups is 3. The van der Waals surface area contributed by atoms with E-state index in [1.807, 2.05) is 0 Å². The average Bonchev–Trinajstić information content (AvgIpc) is 2.71. The zero-order chi connectivity index (χ0) is 14.6. The zero-order valence-corrected chi connectivity index (χ0v) is 11.3. The van der Waals surface area contributed by atoms with Crippen molar-refractivity contribution in [3.05, 3.63) is 23.5 Å². The SMILES string of the molecule is CCN(CCC(=O)O)C(=O)c1cc(C(C)=O)cn1C. The number of aryl methyl sites for hydroxylation is 1. The van der Waals surface area contributed by atoms with E-state index in [-0.39, 0.29) is 24.7 Å². The van der Waals surface area contributed by atoms with Gasteiger partial charge in [0.25, 0.3) is 5.91 Å². The van der Waals surface area contributed by atoms with Gasteiger partial charge in [-0.3, -0.25) is 14.4 Å². The summed E-state index contributed by atoms with van der Waals surface area (Å²) in [6.45, 7) is 3.80. The van der Waals surface area contributed by atoms with Crippen LogP contribution in [0.15, 0.2) is 12.3 Å². The molecule has 0 radical (unpaired) electrons. The molecule has 0 aliphatic rings. The highest BCUT2D eigenvalue weighted by molar-refractivity contribution is 5.99. The van der Waals surface area contributed by atoms with Crippen molar-refractivity contribution in [3.8, 4) is 0 Å². The van der Waals surface area contributed by atoms with Crippen LogP contribution in [-0.4, -0.2) is 45.3 Å². The topological polar surface area (TPSA) is 79.6 Å². The van der Waals surface area contributed by atoms with E-state index in [1.54, 1.807) is 24.7 Å². The number of amides is 1. The Morgan fingerprint density at radius 1 is 1.37 bits per heavy atom. The molecule has 1 aromatic heterocycles. The van der Waals surface area contributed by atoms with Gasteiger partial charge >= 0.3 is 5.97 Å². The average molecular weight is 266 g/mol. The van der Waals surface area contributed by atoms with E-state index in [0.717, 1.165) is 0 Å². The van der Waals surface area contributed by atoms with Crippen molar-refractivity contribution in [2.45, 2.75) is 20.3 Å². The summed E-state index contributed by atoms with van der Waals surface area (Å²) in [6.07, 6.45) is 1.50. The van der Waals surface area contributed by atoms with Crippen molar-refractivity contribution in [1.29, 1.82) is 0 Å². The van der Waals surface area contributed by atoms with Crippen LogP contribution < -0.4 is 0 Å². The Bertz CT molecular complexity index is 505. The smallest absolute Gasteiger partial charge is 0.305 e. The molecule has 0 bridgehead atoms. The largest absolute Gasteiger partial charge is 0.481 e. The molecule has 6 nitrogen and oxygen atoms in total. The molecule has 1 rings (SSSR count). The molecule has 0 spiro atoms. The number of aromatic nitrogens is 1. The van der Waals surface area contributed by atoms with Gasteiger partial charge in [-0.2, -0.15) is 0 Å². The van der Waals surface area contributed by atoms with Crippen molar-refractivity contribution < 1.29 is 19.5 Å². The summed E-state index contributed by atoms with van der Waals surface area (Å²) in [5.41, 5.74) is 0.859. The third-order valence-corrected chi connectivity index (χ3v) is 2.90. The fourth-order valence-electron chi connectivity index (χ4n) is 1.77. The van der Waals surface area contributed by atoms with Crippen LogP contribution in [0.25, 0.3) is 0 Å². The summed E-state index contributed by atoms with van der Waals surface area (Å²) in [5.74, 6) is -1.32. The number of carbonyl (C=O) groups excluding carboxylic acids is 2. The second-order valence-corrected chi connectivity index (χ2v) is 4.31. The van der Waals surface area contributed by atoms with Crippen LogP contribution >= 0.6 is 0 Å². The third-order valence-electron chi connectivity index (χ3n) is 2.90. The predicted molar refractivity (Wildman–Crippen MR) is 69.2 cm³/mol. The molecule has 19 heavy (non-hydrogen) atoms. The van der Waals surface area contributed by atoms with Crippen molar-refractivity contribution >= 4 is 17.7 Å². The van der Waals surface area contributed by atoms with E-state index in [4.69, 9.17) is 5.11 Å². The highest BCUT2D eigenvalue weighted by atomic mass is 16.4. The van der Waals surface area contributed by atoms with Crippen LogP contribution in [0.5, 0.6) is 0 Å². The van der Waals surface area contributed by atoms with Crippen LogP contribution in [0.3, 0.4) is 0 Å². The normalized spacial score (nSPS) is 10.3. The predicted octanol–water partition coefficient (Wildman–Crippen LogP) is 1.16. The number of hydrogen-bond donors (Lipinski definition) is 1. The Hall–Kier alpha value is -2.11. The van der Waals surface area contributed by atoms with Gasteiger partial charge in [0.1, 0.15) is 5.69 Å². The second kappa shape index (κ2) is 6.17. The molecule has 1 amide bonds. The molecule has 0 aromatic carbocycles. The van der Waals surface area contributed by atoms with Crippen LogP contribution in [0.4, 0.5) is 0 Å². The standard InChI is InChI=1S/C13H18N2O4/c1-4-15(6-5-12(17)18)13(19)11-7-10(9(2)16)8-14(11)3/h7-8H,4-6H2,1-3H3,(H,17,18). The highest BCUT2D eigenvalue weighted by Crippen LogP contribution is 2.11. The van der Waals surface area contributed by atoms with E-state index < -0.39 is 5.97 Å². The van der Waals surface area contributed by atoms with Gasteiger partial charge in [-0.15, -0.1) is 0 Å². The first-order valence-electron chi connectivity index (χ1n) is 6.05. The first-order valence-corrected chi connectivity index (χ1v) is 6.05. The van der Waals surface area contributed by atoms with Crippen molar-refractivity contribution in [1.82, 2.24) is 9.47 Å². The molecule has 0 fully saturated rings. The lowest BCUT2D eigenvalue weighted by Gasteiger charge is -2.20. The molecule has 1 N–H and O–H groups in total. The van der Waals surface area contributed by atoms with Crippen molar-refractivity contribution in [2.75, 3.05) is 13.1 Å². The fraction of sp³-hybridized carbons (Fsp3) is 0.462. The fourth-order valence-corrected chi connectivity index (χ4v) is 1.77. The number of aliphatic carboxylic acids is 1. The number of hydrogen-bond acceptors (Lipinski definition) is 3. The lowest BCUT2D eigenvalue weighted by Crippen LogP contribution is -2.33. The van der Waals surface area contributed by atoms with E-state index >= 15 is 0 Å². The van der Waals surface area contributed by atoms with Crippen LogP contribution in [0, 0.1) is 0 Å². The number of ketones is 1. The Morgan fingerprint density at radius 2 is 2.00 bits per heavy atom. The number of carboxylic acid groups (broad SMARTS) is 1. The van der Waals surface area contributed by atoms with Gasteiger partial charge < -0.3 is 14.6 Å². The summed E-state index contributed by atoms with van der Waals surface area (Å²) >= 11 is 0. The number of Topliss-reactive ketones (excluding diaryl/α,β-unsaturated/α-hetero) is 1. The Kier molecular flexibility index (Phi) is 4.86. The van der Waals surface area contributed by atoms with Gasteiger partial charge in [0.15, 0.2) is 5.78 Å². The van der Waals surface area contributed by atoms with Gasteiger partial charge in [0.05, 0.1) is 6.42 Å². The van der Waals surface area contributed by atoms with Gasteiger partial charge in [-0.25, -0.2) is 0 Å². The lowest BCUT2D eigenvalue weighted by molar-refractivity contribution is -0.137. The third kappa shape index (κ3) is 3.67. The molecular weight excluding hydrogens is 248 g/mol. The first-order chi connectivity index (χ1) is 8.86. The van der Waals surface area contributed by atoms with E-state index in [2.05, 4.69) is 0 Å². The summed E-state index contributed by atoms with van der Waals surface area (Å²) in [5, 5.41) is 8.65. The minimum atomic E-state index is -0.942. The van der Waals surface area contributed by atoms with E-state index in [1.165, 1.54) is 17.9 Å². The van der Waals surface area contributed by atoms with Crippen LogP contribution in [0.2, 0.25) is 0 Å². The molecule has 6 heteroatoms. The van der Waals surface area contributed by atoms with Gasteiger partial charge in [0.2, 0.25) is 0 Å². The molecule has 0 atom stereocenters. The molecule has 1 heterocycles. The molecule has 1 aromatic rings. The zero-order valence-electron chi connectivity index (χ0n) is 11.3. The Balaban J connectivity index is 2.90. The van der Waals surface area contributed by atoms with Crippen molar-refractivity contribution in [2.24, 2.45) is 7.05 Å². The summed E-state index contributed by atoms with van der Waals surface area (Å²) in [4.78, 5) is 35.5. The van der Waals surface area contributed by atoms with Crippen LogP contribution in [-0.2, 0) is 11.8 Å². The van der Waals surface area contributed by atoms with E-state index in [0.29, 0.717) is 17.8 Å². The Morgan fingerprint density at radius 3 is 2.42 bits per heavy atom. The Labute approximate surface area is 111 Å². The van der Waals surface area contributed by atoms with Gasteiger partial charge in [0, 0.05) is 31.9 Å². The summed E-state index contributed by atoms with van der Waals surface area (Å²) in [7, 11) is 1.69. The minimum Gasteiger partial charge on any atom is -0.481 e. The first kappa shape index (κ1) is 14.9. The molecule has 0 aliphatic heterocycles. The maximum atomic E-state index is 12.2. The summed E-state index contributed by atoms with van der Waals surface area (Å²) < 4.78 is 1.59. The summed E-state index contributed by atoms with van der Waals surface area (Å²) in [6, 6.07) is 1.54. The molecule has 104 valence electrons. The maximum absolute atomic E-state index is 12.2. The maximum Gasteiger partial charge on any atom is 0.305 e. The monoisotopic (exact) mass is 266 g/mol. The van der Waals surface area contributed by atoms with Gasteiger partial charge in [-0.1, -0.05) is 0 Å². The van der Waals surface area contributed by atoms with E-state index in [9.17, 15) is 14.4 Å². The van der Waals surface area contributed by atoms with Crippen LogP contribution in [0.1, 0.15) is 41.1 Å². The lowest BCUT2D eigenvalue weighted by atomic mass is 10.2.